The van der Waals surface area contributed by atoms with Gasteiger partial charge in [0.15, 0.2) is 5.78 Å². The van der Waals surface area contributed by atoms with Gasteiger partial charge in [-0.15, -0.1) is 5.10 Å². The second-order valence-electron chi connectivity index (χ2n) is 3.77. The molecule has 1 N–H and O–H groups in total. The first-order valence-electron chi connectivity index (χ1n) is 5.09. The molecule has 0 aromatic carbocycles. The Labute approximate surface area is 94.0 Å². The molecule has 0 aliphatic carbocycles. The molecule has 88 valence electrons. The number of hydrogen-bond acceptors (Lipinski definition) is 5. The average molecular weight is 224 g/mol. The third-order valence-corrected chi connectivity index (χ3v) is 2.22. The molecule has 1 atom stereocenters. The van der Waals surface area contributed by atoms with Crippen molar-refractivity contribution < 1.29 is 9.59 Å². The van der Waals surface area contributed by atoms with Crippen LogP contribution in [0.5, 0.6) is 0 Å². The van der Waals surface area contributed by atoms with Crippen LogP contribution in [0, 0.1) is 0 Å². The van der Waals surface area contributed by atoms with E-state index in [9.17, 15) is 9.59 Å². The van der Waals surface area contributed by atoms with Crippen molar-refractivity contribution >= 4 is 11.6 Å². The van der Waals surface area contributed by atoms with Crippen LogP contribution in [0.25, 0.3) is 0 Å². The number of carbonyl (C=O) groups is 2. The second kappa shape index (κ2) is 5.50. The number of Topliss-reactive ketones (excluding diaryl/α,β-unsaturated/α-hetero) is 2. The highest BCUT2D eigenvalue weighted by atomic mass is 16.1. The number of carbonyl (C=O) groups excluding carboxylic acids is 2. The molecule has 16 heavy (non-hydrogen) atoms. The summed E-state index contributed by atoms with van der Waals surface area (Å²) >= 11 is 0. The Morgan fingerprint density at radius 1 is 1.50 bits per heavy atom. The van der Waals surface area contributed by atoms with Gasteiger partial charge in [-0.3, -0.25) is 9.59 Å². The molecule has 6 nitrogen and oxygen atoms in total. The van der Waals surface area contributed by atoms with Crippen LogP contribution in [-0.2, 0) is 22.6 Å². The lowest BCUT2D eigenvalue weighted by molar-refractivity contribution is -0.119. The van der Waals surface area contributed by atoms with Crippen molar-refractivity contribution in [1.82, 2.24) is 20.3 Å². The highest BCUT2D eigenvalue weighted by Crippen LogP contribution is 2.00. The van der Waals surface area contributed by atoms with E-state index in [1.807, 2.05) is 0 Å². The first kappa shape index (κ1) is 12.5. The molecule has 1 rings (SSSR count). The normalized spacial score (nSPS) is 12.4. The van der Waals surface area contributed by atoms with Gasteiger partial charge in [0, 0.05) is 12.6 Å². The molecule has 0 aliphatic heterocycles. The van der Waals surface area contributed by atoms with E-state index < -0.39 is 0 Å². The Kier molecular flexibility index (Phi) is 4.30. The lowest BCUT2D eigenvalue weighted by Gasteiger charge is -2.09. The zero-order valence-electron chi connectivity index (χ0n) is 9.73. The lowest BCUT2D eigenvalue weighted by atomic mass is 10.1. The summed E-state index contributed by atoms with van der Waals surface area (Å²) in [4.78, 5) is 22.0. The predicted molar refractivity (Wildman–Crippen MR) is 57.9 cm³/mol. The predicted octanol–water partition coefficient (Wildman–Crippen LogP) is -0.413. The molecule has 6 heteroatoms. The van der Waals surface area contributed by atoms with Crippen LogP contribution in [-0.4, -0.2) is 39.6 Å². The van der Waals surface area contributed by atoms with Gasteiger partial charge in [-0.25, -0.2) is 4.68 Å². The van der Waals surface area contributed by atoms with Gasteiger partial charge in [-0.05, 0) is 20.9 Å². The third-order valence-electron chi connectivity index (χ3n) is 2.22. The van der Waals surface area contributed by atoms with Gasteiger partial charge < -0.3 is 5.32 Å². The summed E-state index contributed by atoms with van der Waals surface area (Å²) in [5, 5.41) is 10.6. The van der Waals surface area contributed by atoms with Gasteiger partial charge in [-0.1, -0.05) is 5.21 Å². The minimum absolute atomic E-state index is 0.0215. The van der Waals surface area contributed by atoms with Crippen LogP contribution in [0.15, 0.2) is 6.20 Å². The van der Waals surface area contributed by atoms with Gasteiger partial charge in [0.05, 0.1) is 11.7 Å². The highest BCUT2D eigenvalue weighted by Gasteiger charge is 2.14. The van der Waals surface area contributed by atoms with Gasteiger partial charge in [0.1, 0.15) is 12.3 Å². The van der Waals surface area contributed by atoms with Crippen molar-refractivity contribution in [2.24, 2.45) is 0 Å². The van der Waals surface area contributed by atoms with E-state index in [-0.39, 0.29) is 24.2 Å². The molecular weight excluding hydrogens is 208 g/mol. The van der Waals surface area contributed by atoms with E-state index in [1.165, 1.54) is 18.5 Å². The van der Waals surface area contributed by atoms with Crippen molar-refractivity contribution in [3.63, 3.8) is 0 Å². The van der Waals surface area contributed by atoms with Crippen molar-refractivity contribution in [2.45, 2.75) is 32.9 Å². The molecule has 0 saturated carbocycles. The molecule has 0 saturated heterocycles. The molecule has 0 bridgehead atoms. The fourth-order valence-electron chi connectivity index (χ4n) is 1.40. The molecule has 0 fully saturated rings. The van der Waals surface area contributed by atoms with Crippen LogP contribution in [0.1, 0.15) is 19.5 Å². The number of likely N-dealkylation sites (N-methyl/N-ethyl adjacent to an activating group) is 1. The second-order valence-corrected chi connectivity index (χ2v) is 3.77. The van der Waals surface area contributed by atoms with Crippen molar-refractivity contribution in [3.05, 3.63) is 11.9 Å². The number of ketones is 2. The topological polar surface area (TPSA) is 76.9 Å². The molecule has 0 amide bonds. The number of nitrogens with zero attached hydrogens (tertiary/aromatic N) is 3. The van der Waals surface area contributed by atoms with Gasteiger partial charge in [-0.2, -0.15) is 0 Å². The Balaban J connectivity index is 2.64. The SMILES string of the molecule is CNC(Cc1cn(CC(C)=O)nn1)C(C)=O. The maximum absolute atomic E-state index is 11.2. The quantitative estimate of drug-likeness (QED) is 0.710. The first-order valence-corrected chi connectivity index (χ1v) is 5.09. The third kappa shape index (κ3) is 3.54. The minimum Gasteiger partial charge on any atom is -0.310 e. The average Bonchev–Trinajstić information content (AvgIpc) is 2.60. The monoisotopic (exact) mass is 224 g/mol. The Morgan fingerprint density at radius 3 is 2.69 bits per heavy atom. The maximum Gasteiger partial charge on any atom is 0.151 e. The largest absolute Gasteiger partial charge is 0.310 e. The van der Waals surface area contributed by atoms with Crippen LogP contribution in [0.2, 0.25) is 0 Å². The van der Waals surface area contributed by atoms with E-state index in [0.717, 1.165) is 0 Å². The number of nitrogens with one attached hydrogen (secondary N) is 1. The van der Waals surface area contributed by atoms with Crippen molar-refractivity contribution in [2.75, 3.05) is 7.05 Å². The number of hydrogen-bond donors (Lipinski definition) is 1. The molecular formula is C10H16N4O2. The Morgan fingerprint density at radius 2 is 2.19 bits per heavy atom. The van der Waals surface area contributed by atoms with Crippen LogP contribution < -0.4 is 5.32 Å². The van der Waals surface area contributed by atoms with Crippen LogP contribution >= 0.6 is 0 Å². The molecule has 1 aromatic rings. The fraction of sp³-hybridized carbons (Fsp3) is 0.600. The molecule has 0 radical (unpaired) electrons. The number of aromatic nitrogens is 3. The van der Waals surface area contributed by atoms with E-state index >= 15 is 0 Å². The molecule has 0 aliphatic rings. The van der Waals surface area contributed by atoms with E-state index in [0.29, 0.717) is 12.1 Å². The maximum atomic E-state index is 11.2. The van der Waals surface area contributed by atoms with Gasteiger partial charge in [0.25, 0.3) is 0 Å². The van der Waals surface area contributed by atoms with Gasteiger partial charge in [0.2, 0.25) is 0 Å². The first-order chi connectivity index (χ1) is 7.52. The molecule has 1 aromatic heterocycles. The standard InChI is InChI=1S/C10H16N4O2/c1-7(15)5-14-6-9(12-13-14)4-10(11-3)8(2)16/h6,10-11H,4-5H2,1-3H3. The summed E-state index contributed by atoms with van der Waals surface area (Å²) in [6, 6.07) is -0.248. The summed E-state index contributed by atoms with van der Waals surface area (Å²) in [7, 11) is 1.73. The van der Waals surface area contributed by atoms with Crippen molar-refractivity contribution in [3.8, 4) is 0 Å². The number of rotatable bonds is 6. The molecule has 1 unspecified atom stereocenters. The zero-order chi connectivity index (χ0) is 12.1. The lowest BCUT2D eigenvalue weighted by Crippen LogP contribution is -2.34. The summed E-state index contributed by atoms with van der Waals surface area (Å²) in [5.41, 5.74) is 0.704. The van der Waals surface area contributed by atoms with E-state index in [1.54, 1.807) is 13.2 Å². The van der Waals surface area contributed by atoms with Crippen LogP contribution in [0.3, 0.4) is 0 Å². The smallest absolute Gasteiger partial charge is 0.151 e. The summed E-state index contributed by atoms with van der Waals surface area (Å²) in [5.74, 6) is 0.0804. The Hall–Kier alpha value is -1.56. The minimum atomic E-state index is -0.248. The summed E-state index contributed by atoms with van der Waals surface area (Å²) < 4.78 is 1.48. The molecule has 0 spiro atoms. The summed E-state index contributed by atoms with van der Waals surface area (Å²) in [6.45, 7) is 3.24. The summed E-state index contributed by atoms with van der Waals surface area (Å²) in [6.07, 6.45) is 2.18. The fourth-order valence-corrected chi connectivity index (χ4v) is 1.40. The highest BCUT2D eigenvalue weighted by molar-refractivity contribution is 5.81. The van der Waals surface area contributed by atoms with Crippen LogP contribution in [0.4, 0.5) is 0 Å². The van der Waals surface area contributed by atoms with Crippen molar-refractivity contribution in [1.29, 1.82) is 0 Å². The van der Waals surface area contributed by atoms with E-state index in [4.69, 9.17) is 0 Å². The Bertz CT molecular complexity index is 386. The van der Waals surface area contributed by atoms with Gasteiger partial charge >= 0.3 is 0 Å². The molecule has 1 heterocycles. The van der Waals surface area contributed by atoms with E-state index in [2.05, 4.69) is 15.6 Å². The zero-order valence-corrected chi connectivity index (χ0v) is 9.73.